The smallest absolute Gasteiger partial charge is 0.319 e. The van der Waals surface area contributed by atoms with Crippen molar-refractivity contribution in [2.24, 2.45) is 5.73 Å². The number of fused-ring (bicyclic) bond motifs is 1. The number of urea groups is 1. The van der Waals surface area contributed by atoms with Crippen LogP contribution in [0.5, 0.6) is 0 Å². The van der Waals surface area contributed by atoms with Crippen LogP contribution in [-0.2, 0) is 6.42 Å². The normalized spacial score (nSPS) is 10.7. The van der Waals surface area contributed by atoms with Crippen LogP contribution in [0.15, 0.2) is 60.9 Å². The van der Waals surface area contributed by atoms with Gasteiger partial charge >= 0.3 is 6.03 Å². The molecule has 0 saturated heterocycles. The molecule has 0 saturated carbocycles. The number of halogens is 1. The summed E-state index contributed by atoms with van der Waals surface area (Å²) in [5.74, 6) is -0.276. The van der Waals surface area contributed by atoms with Gasteiger partial charge in [0.25, 0.3) is 0 Å². The van der Waals surface area contributed by atoms with Crippen LogP contribution in [-0.4, -0.2) is 17.6 Å². The Bertz CT molecular complexity index is 828. The van der Waals surface area contributed by atoms with Crippen LogP contribution in [0.2, 0.25) is 0 Å². The summed E-state index contributed by atoms with van der Waals surface area (Å²) in [6, 6.07) is 13.2. The van der Waals surface area contributed by atoms with Crippen LogP contribution in [0.3, 0.4) is 0 Å². The Labute approximate surface area is 133 Å². The Balaban J connectivity index is 1.89. The maximum Gasteiger partial charge on any atom is 0.319 e. The van der Waals surface area contributed by atoms with Gasteiger partial charge < -0.3 is 5.73 Å². The van der Waals surface area contributed by atoms with E-state index in [4.69, 9.17) is 5.73 Å². The van der Waals surface area contributed by atoms with Gasteiger partial charge in [0.1, 0.15) is 5.82 Å². The summed E-state index contributed by atoms with van der Waals surface area (Å²) in [6.07, 6.45) is 4.02. The quantitative estimate of drug-likeness (QED) is 0.802. The summed E-state index contributed by atoms with van der Waals surface area (Å²) in [6.45, 7) is 0.419. The number of pyridine rings is 1. The Kier molecular flexibility index (Phi) is 4.19. The average molecular weight is 309 g/mol. The Morgan fingerprint density at radius 3 is 2.65 bits per heavy atom. The summed E-state index contributed by atoms with van der Waals surface area (Å²) >= 11 is 0. The minimum absolute atomic E-state index is 0.276. The number of amides is 2. The van der Waals surface area contributed by atoms with Crippen LogP contribution in [0, 0.1) is 5.82 Å². The molecule has 2 aromatic carbocycles. The van der Waals surface area contributed by atoms with Crippen molar-refractivity contribution in [2.45, 2.75) is 6.42 Å². The summed E-state index contributed by atoms with van der Waals surface area (Å²) in [7, 11) is 0. The fourth-order valence-electron chi connectivity index (χ4n) is 2.58. The van der Waals surface area contributed by atoms with E-state index >= 15 is 0 Å². The lowest BCUT2D eigenvalue weighted by molar-refractivity contribution is 0.254. The lowest BCUT2D eigenvalue weighted by atomic mass is 10.1. The van der Waals surface area contributed by atoms with Gasteiger partial charge in [0.15, 0.2) is 0 Å². The SMILES string of the molecule is NC(=O)N(CCc1ccc(F)cc1)c1cccc2cnccc12. The molecule has 0 unspecified atom stereocenters. The number of nitrogens with zero attached hydrogens (tertiary/aromatic N) is 2. The molecule has 3 rings (SSSR count). The molecule has 0 aliphatic carbocycles. The first-order chi connectivity index (χ1) is 11.1. The molecule has 0 spiro atoms. The van der Waals surface area contributed by atoms with Gasteiger partial charge in [-0.25, -0.2) is 9.18 Å². The van der Waals surface area contributed by atoms with Gasteiger partial charge in [-0.05, 0) is 36.2 Å². The Hall–Kier alpha value is -2.95. The molecule has 3 aromatic rings. The summed E-state index contributed by atoms with van der Waals surface area (Å²) < 4.78 is 13.0. The van der Waals surface area contributed by atoms with Crippen LogP contribution < -0.4 is 10.6 Å². The van der Waals surface area contributed by atoms with Crippen LogP contribution in [0.1, 0.15) is 5.56 Å². The average Bonchev–Trinajstić information content (AvgIpc) is 2.56. The monoisotopic (exact) mass is 309 g/mol. The third-order valence-corrected chi connectivity index (χ3v) is 3.75. The highest BCUT2D eigenvalue weighted by Gasteiger charge is 2.15. The summed E-state index contributed by atoms with van der Waals surface area (Å²) in [5, 5.41) is 1.86. The van der Waals surface area contributed by atoms with E-state index in [0.29, 0.717) is 13.0 Å². The van der Waals surface area contributed by atoms with Crippen molar-refractivity contribution in [3.63, 3.8) is 0 Å². The second kappa shape index (κ2) is 6.44. The van der Waals surface area contributed by atoms with Crippen molar-refractivity contribution < 1.29 is 9.18 Å². The largest absolute Gasteiger partial charge is 0.351 e. The Morgan fingerprint density at radius 1 is 1.13 bits per heavy atom. The molecule has 0 aliphatic rings. The number of benzene rings is 2. The zero-order valence-electron chi connectivity index (χ0n) is 12.4. The standard InChI is InChI=1S/C18H16FN3O/c19-15-6-4-13(5-7-15)9-11-22(18(20)23)17-3-1-2-14-12-21-10-8-16(14)17/h1-8,10,12H,9,11H2,(H2,20,23). The van der Waals surface area contributed by atoms with E-state index < -0.39 is 6.03 Å². The molecule has 23 heavy (non-hydrogen) atoms. The van der Waals surface area contributed by atoms with E-state index in [2.05, 4.69) is 4.98 Å². The fourth-order valence-corrected chi connectivity index (χ4v) is 2.58. The van der Waals surface area contributed by atoms with Crippen molar-refractivity contribution in [3.05, 3.63) is 72.3 Å². The lowest BCUT2D eigenvalue weighted by Gasteiger charge is -2.22. The summed E-state index contributed by atoms with van der Waals surface area (Å²) in [4.78, 5) is 17.5. The molecule has 2 amide bonds. The minimum atomic E-state index is -0.517. The molecule has 0 atom stereocenters. The van der Waals surface area contributed by atoms with Crippen molar-refractivity contribution in [2.75, 3.05) is 11.4 Å². The fraction of sp³-hybridized carbons (Fsp3) is 0.111. The molecule has 4 nitrogen and oxygen atoms in total. The van der Waals surface area contributed by atoms with Crippen molar-refractivity contribution in [1.82, 2.24) is 4.98 Å². The van der Waals surface area contributed by atoms with E-state index in [9.17, 15) is 9.18 Å². The van der Waals surface area contributed by atoms with Crippen LogP contribution in [0.25, 0.3) is 10.8 Å². The second-order valence-corrected chi connectivity index (χ2v) is 5.24. The molecule has 0 fully saturated rings. The van der Waals surface area contributed by atoms with Crippen LogP contribution in [0.4, 0.5) is 14.9 Å². The van der Waals surface area contributed by atoms with E-state index in [1.54, 1.807) is 24.5 Å². The van der Waals surface area contributed by atoms with Gasteiger partial charge in [-0.3, -0.25) is 9.88 Å². The van der Waals surface area contributed by atoms with Gasteiger partial charge in [-0.1, -0.05) is 24.3 Å². The predicted molar refractivity (Wildman–Crippen MR) is 88.8 cm³/mol. The molecule has 2 N–H and O–H groups in total. The molecule has 0 radical (unpaired) electrons. The molecule has 0 bridgehead atoms. The maximum atomic E-state index is 13.0. The molecule has 0 aliphatic heterocycles. The van der Waals surface area contributed by atoms with Gasteiger partial charge in [-0.15, -0.1) is 0 Å². The first-order valence-electron chi connectivity index (χ1n) is 7.29. The lowest BCUT2D eigenvalue weighted by Crippen LogP contribution is -2.37. The molecule has 1 heterocycles. The second-order valence-electron chi connectivity index (χ2n) is 5.24. The minimum Gasteiger partial charge on any atom is -0.351 e. The highest BCUT2D eigenvalue weighted by Crippen LogP contribution is 2.26. The first kappa shape index (κ1) is 15.0. The molecule has 116 valence electrons. The van der Waals surface area contributed by atoms with Gasteiger partial charge in [0, 0.05) is 29.7 Å². The number of rotatable bonds is 4. The van der Waals surface area contributed by atoms with E-state index in [1.165, 1.54) is 17.0 Å². The number of aromatic nitrogens is 1. The number of hydrogen-bond acceptors (Lipinski definition) is 2. The number of anilines is 1. The molecular formula is C18H16FN3O. The van der Waals surface area contributed by atoms with E-state index in [1.807, 2.05) is 24.3 Å². The van der Waals surface area contributed by atoms with Crippen molar-refractivity contribution >= 4 is 22.5 Å². The van der Waals surface area contributed by atoms with E-state index in [-0.39, 0.29) is 5.82 Å². The number of carbonyl (C=O) groups excluding carboxylic acids is 1. The van der Waals surface area contributed by atoms with Gasteiger partial charge in [-0.2, -0.15) is 0 Å². The third-order valence-electron chi connectivity index (χ3n) is 3.75. The van der Waals surface area contributed by atoms with Crippen molar-refractivity contribution in [1.29, 1.82) is 0 Å². The first-order valence-corrected chi connectivity index (χ1v) is 7.29. The summed E-state index contributed by atoms with van der Waals surface area (Å²) in [5.41, 5.74) is 7.25. The number of hydrogen-bond donors (Lipinski definition) is 1. The third kappa shape index (κ3) is 3.29. The highest BCUT2D eigenvalue weighted by atomic mass is 19.1. The number of carbonyl (C=O) groups is 1. The Morgan fingerprint density at radius 2 is 1.91 bits per heavy atom. The number of nitrogens with two attached hydrogens (primary N) is 1. The van der Waals surface area contributed by atoms with Gasteiger partial charge in [0.2, 0.25) is 0 Å². The predicted octanol–water partition coefficient (Wildman–Crippen LogP) is 3.50. The molecular weight excluding hydrogens is 293 g/mol. The highest BCUT2D eigenvalue weighted by molar-refractivity contribution is 6.02. The van der Waals surface area contributed by atoms with Gasteiger partial charge in [0.05, 0.1) is 5.69 Å². The zero-order chi connectivity index (χ0) is 16.2. The molecule has 5 heteroatoms. The topological polar surface area (TPSA) is 59.2 Å². The maximum absolute atomic E-state index is 13.0. The zero-order valence-corrected chi connectivity index (χ0v) is 12.4. The van der Waals surface area contributed by atoms with Crippen molar-refractivity contribution in [3.8, 4) is 0 Å². The molecule has 1 aromatic heterocycles. The van der Waals surface area contributed by atoms with E-state index in [0.717, 1.165) is 22.0 Å². The number of primary amides is 1. The van der Waals surface area contributed by atoms with Crippen LogP contribution >= 0.6 is 0 Å².